The highest BCUT2D eigenvalue weighted by atomic mass is 16.5. The van der Waals surface area contributed by atoms with Gasteiger partial charge in [0, 0.05) is 11.3 Å². The van der Waals surface area contributed by atoms with Crippen LogP contribution in [0.3, 0.4) is 0 Å². The first-order valence-electron chi connectivity index (χ1n) is 6.36. The highest BCUT2D eigenvalue weighted by molar-refractivity contribution is 5.94. The van der Waals surface area contributed by atoms with E-state index in [-0.39, 0.29) is 5.78 Å². The number of fused-ring (bicyclic) bond motifs is 1. The summed E-state index contributed by atoms with van der Waals surface area (Å²) < 4.78 is 5.64. The molecule has 96 valence electrons. The Morgan fingerprint density at radius 1 is 1.11 bits per heavy atom. The van der Waals surface area contributed by atoms with Crippen LogP contribution in [0.1, 0.15) is 17.3 Å². The summed E-state index contributed by atoms with van der Waals surface area (Å²) in [6.07, 6.45) is 0. The zero-order chi connectivity index (χ0) is 13.2. The smallest absolute Gasteiger partial charge is 0.159 e. The number of hydrogen-bond donors (Lipinski definition) is 0. The lowest BCUT2D eigenvalue weighted by atomic mass is 10.1. The van der Waals surface area contributed by atoms with Gasteiger partial charge in [-0.3, -0.25) is 4.79 Å². The van der Waals surface area contributed by atoms with E-state index < -0.39 is 0 Å². The summed E-state index contributed by atoms with van der Waals surface area (Å²) in [4.78, 5) is 13.5. The molecule has 0 bridgehead atoms. The average molecular weight is 253 g/mol. The Labute approximate surface area is 112 Å². The molecule has 0 saturated heterocycles. The zero-order valence-electron chi connectivity index (χ0n) is 10.8. The average Bonchev–Trinajstić information content (AvgIpc) is 2.47. The molecule has 0 saturated carbocycles. The molecule has 0 unspecified atom stereocenters. The second-order valence-electron chi connectivity index (χ2n) is 4.57. The van der Waals surface area contributed by atoms with Crippen molar-refractivity contribution in [2.45, 2.75) is 6.92 Å². The lowest BCUT2D eigenvalue weighted by Gasteiger charge is -2.31. The quantitative estimate of drug-likeness (QED) is 0.768. The van der Waals surface area contributed by atoms with Gasteiger partial charge in [-0.1, -0.05) is 12.1 Å². The summed E-state index contributed by atoms with van der Waals surface area (Å²) in [5, 5.41) is 0. The molecule has 1 heterocycles. The predicted molar refractivity (Wildman–Crippen MR) is 75.4 cm³/mol. The van der Waals surface area contributed by atoms with E-state index in [2.05, 4.69) is 4.90 Å². The molecule has 0 aliphatic carbocycles. The zero-order valence-corrected chi connectivity index (χ0v) is 10.8. The lowest BCUT2D eigenvalue weighted by molar-refractivity contribution is 0.101. The number of rotatable bonds is 2. The maximum Gasteiger partial charge on any atom is 0.159 e. The van der Waals surface area contributed by atoms with Crippen LogP contribution in [0.4, 0.5) is 11.4 Å². The minimum absolute atomic E-state index is 0.0916. The van der Waals surface area contributed by atoms with Gasteiger partial charge in [-0.15, -0.1) is 0 Å². The van der Waals surface area contributed by atoms with Crippen LogP contribution < -0.4 is 9.64 Å². The minimum atomic E-state index is 0.0916. The van der Waals surface area contributed by atoms with Crippen molar-refractivity contribution >= 4 is 17.2 Å². The lowest BCUT2D eigenvalue weighted by Crippen LogP contribution is -2.28. The van der Waals surface area contributed by atoms with E-state index in [4.69, 9.17) is 4.74 Å². The molecule has 2 aromatic rings. The van der Waals surface area contributed by atoms with Crippen molar-refractivity contribution in [3.8, 4) is 5.75 Å². The molecule has 2 aromatic carbocycles. The van der Waals surface area contributed by atoms with Gasteiger partial charge in [0.25, 0.3) is 0 Å². The number of benzene rings is 2. The van der Waals surface area contributed by atoms with Gasteiger partial charge < -0.3 is 9.64 Å². The molecule has 0 amide bonds. The standard InChI is InChI=1S/C16H15NO2/c1-12(18)13-6-8-14(9-7-13)17-10-11-19-16-5-3-2-4-15(16)17/h2-9H,10-11H2,1H3. The van der Waals surface area contributed by atoms with Crippen LogP contribution in [0, 0.1) is 0 Å². The third-order valence-corrected chi connectivity index (χ3v) is 3.31. The topological polar surface area (TPSA) is 29.5 Å². The van der Waals surface area contributed by atoms with Crippen LogP contribution >= 0.6 is 0 Å². The van der Waals surface area contributed by atoms with Gasteiger partial charge in [0.15, 0.2) is 5.78 Å². The van der Waals surface area contributed by atoms with E-state index in [0.717, 1.165) is 29.2 Å². The van der Waals surface area contributed by atoms with E-state index in [1.165, 1.54) is 0 Å². The van der Waals surface area contributed by atoms with E-state index in [0.29, 0.717) is 6.61 Å². The van der Waals surface area contributed by atoms with Crippen LogP contribution in [-0.4, -0.2) is 18.9 Å². The Morgan fingerprint density at radius 2 is 1.84 bits per heavy atom. The largest absolute Gasteiger partial charge is 0.490 e. The monoisotopic (exact) mass is 253 g/mol. The van der Waals surface area contributed by atoms with E-state index in [9.17, 15) is 4.79 Å². The van der Waals surface area contributed by atoms with Crippen molar-refractivity contribution in [1.82, 2.24) is 0 Å². The highest BCUT2D eigenvalue weighted by Gasteiger charge is 2.18. The van der Waals surface area contributed by atoms with Gasteiger partial charge in [0.05, 0.1) is 12.2 Å². The van der Waals surface area contributed by atoms with Gasteiger partial charge in [0.2, 0.25) is 0 Å². The number of anilines is 2. The first-order chi connectivity index (χ1) is 9.25. The highest BCUT2D eigenvalue weighted by Crippen LogP contribution is 2.36. The van der Waals surface area contributed by atoms with Gasteiger partial charge in [-0.25, -0.2) is 0 Å². The number of carbonyl (C=O) groups is 1. The SMILES string of the molecule is CC(=O)c1ccc(N2CCOc3ccccc32)cc1. The van der Waals surface area contributed by atoms with Crippen molar-refractivity contribution in [2.75, 3.05) is 18.1 Å². The van der Waals surface area contributed by atoms with Gasteiger partial charge >= 0.3 is 0 Å². The van der Waals surface area contributed by atoms with Crippen molar-refractivity contribution < 1.29 is 9.53 Å². The van der Waals surface area contributed by atoms with E-state index >= 15 is 0 Å². The summed E-state index contributed by atoms with van der Waals surface area (Å²) in [5.41, 5.74) is 2.90. The fraction of sp³-hybridized carbons (Fsp3) is 0.188. The maximum absolute atomic E-state index is 11.3. The first-order valence-corrected chi connectivity index (χ1v) is 6.36. The molecule has 19 heavy (non-hydrogen) atoms. The number of carbonyl (C=O) groups excluding carboxylic acids is 1. The summed E-state index contributed by atoms with van der Waals surface area (Å²) in [5.74, 6) is 0.998. The molecule has 0 aromatic heterocycles. The normalized spacial score (nSPS) is 13.6. The third kappa shape index (κ3) is 2.19. The fourth-order valence-electron chi connectivity index (χ4n) is 2.31. The van der Waals surface area contributed by atoms with Crippen LogP contribution in [0.15, 0.2) is 48.5 Å². The molecule has 3 heteroatoms. The third-order valence-electron chi connectivity index (χ3n) is 3.31. The maximum atomic E-state index is 11.3. The summed E-state index contributed by atoms with van der Waals surface area (Å²) >= 11 is 0. The Hall–Kier alpha value is -2.29. The first kappa shape index (κ1) is 11.8. The number of Topliss-reactive ketones (excluding diaryl/α,β-unsaturated/α-hetero) is 1. The van der Waals surface area contributed by atoms with Gasteiger partial charge in [0.1, 0.15) is 12.4 Å². The van der Waals surface area contributed by atoms with Crippen LogP contribution in [0.2, 0.25) is 0 Å². The molecule has 1 aliphatic heterocycles. The number of ether oxygens (including phenoxy) is 1. The molecule has 0 radical (unpaired) electrons. The molecule has 1 aliphatic rings. The molecule has 0 N–H and O–H groups in total. The summed E-state index contributed by atoms with van der Waals surface area (Å²) in [7, 11) is 0. The number of hydrogen-bond acceptors (Lipinski definition) is 3. The van der Waals surface area contributed by atoms with Crippen LogP contribution in [0.5, 0.6) is 5.75 Å². The number of ketones is 1. The number of nitrogens with zero attached hydrogens (tertiary/aromatic N) is 1. The van der Waals surface area contributed by atoms with Crippen molar-refractivity contribution in [3.05, 3.63) is 54.1 Å². The molecule has 3 rings (SSSR count). The predicted octanol–water partition coefficient (Wildman–Crippen LogP) is 3.42. The summed E-state index contributed by atoms with van der Waals surface area (Å²) in [6.45, 7) is 3.07. The van der Waals surface area contributed by atoms with Gasteiger partial charge in [-0.2, -0.15) is 0 Å². The van der Waals surface area contributed by atoms with Gasteiger partial charge in [-0.05, 0) is 43.3 Å². The Balaban J connectivity index is 1.97. The molecule has 0 spiro atoms. The van der Waals surface area contributed by atoms with Crippen molar-refractivity contribution in [2.24, 2.45) is 0 Å². The van der Waals surface area contributed by atoms with Crippen molar-refractivity contribution in [3.63, 3.8) is 0 Å². The van der Waals surface area contributed by atoms with E-state index in [1.807, 2.05) is 48.5 Å². The molecule has 3 nitrogen and oxygen atoms in total. The molecule has 0 fully saturated rings. The number of para-hydroxylation sites is 2. The fourth-order valence-corrected chi connectivity index (χ4v) is 2.31. The molecule has 0 atom stereocenters. The second-order valence-corrected chi connectivity index (χ2v) is 4.57. The van der Waals surface area contributed by atoms with E-state index in [1.54, 1.807) is 6.92 Å². The minimum Gasteiger partial charge on any atom is -0.490 e. The second kappa shape index (κ2) is 4.76. The van der Waals surface area contributed by atoms with Crippen molar-refractivity contribution in [1.29, 1.82) is 0 Å². The van der Waals surface area contributed by atoms with Crippen LogP contribution in [0.25, 0.3) is 0 Å². The Kier molecular flexibility index (Phi) is 2.95. The summed E-state index contributed by atoms with van der Waals surface area (Å²) in [6, 6.07) is 15.7. The Morgan fingerprint density at radius 3 is 2.58 bits per heavy atom. The Bertz CT molecular complexity index is 604. The van der Waals surface area contributed by atoms with Crippen LogP contribution in [-0.2, 0) is 0 Å². The molecular formula is C16H15NO2. The molecular weight excluding hydrogens is 238 g/mol.